The smallest absolute Gasteiger partial charge is 0.315 e. The summed E-state index contributed by atoms with van der Waals surface area (Å²) in [5.74, 6) is 0. The molecule has 1 aromatic rings. The van der Waals surface area contributed by atoms with Crippen molar-refractivity contribution in [2.75, 3.05) is 6.26 Å². The molecule has 0 bridgehead atoms. The van der Waals surface area contributed by atoms with Gasteiger partial charge in [-0.05, 0) is 37.5 Å². The molecule has 1 aliphatic carbocycles. The van der Waals surface area contributed by atoms with Crippen molar-refractivity contribution in [3.63, 3.8) is 0 Å². The molecule has 5 nitrogen and oxygen atoms in total. The first-order chi connectivity index (χ1) is 10.4. The fourth-order valence-electron chi connectivity index (χ4n) is 2.76. The zero-order valence-electron chi connectivity index (χ0n) is 13.1. The molecule has 1 fully saturated rings. The fraction of sp³-hybridized carbons (Fsp3) is 0.562. The first kappa shape index (κ1) is 16.8. The molecule has 0 radical (unpaired) electrons. The first-order valence-corrected chi connectivity index (χ1v) is 9.62. The first-order valence-electron chi connectivity index (χ1n) is 7.73. The van der Waals surface area contributed by atoms with E-state index in [1.165, 1.54) is 25.5 Å². The van der Waals surface area contributed by atoms with Gasteiger partial charge in [0.2, 0.25) is 0 Å². The van der Waals surface area contributed by atoms with Gasteiger partial charge in [0.25, 0.3) is 0 Å². The van der Waals surface area contributed by atoms with Crippen LogP contribution in [0.3, 0.4) is 0 Å². The van der Waals surface area contributed by atoms with Crippen molar-refractivity contribution in [3.8, 4) is 0 Å². The molecular weight excluding hydrogens is 300 g/mol. The molecule has 1 atom stereocenters. The van der Waals surface area contributed by atoms with Gasteiger partial charge in [-0.3, -0.25) is 0 Å². The number of amides is 2. The SMILES string of the molecule is C[C@H](NC(=O)NC1CCCCC1)c1ccc(S(C)(=O)=O)cc1. The lowest BCUT2D eigenvalue weighted by molar-refractivity contribution is 0.229. The summed E-state index contributed by atoms with van der Waals surface area (Å²) in [6, 6.07) is 6.56. The van der Waals surface area contributed by atoms with E-state index in [2.05, 4.69) is 10.6 Å². The largest absolute Gasteiger partial charge is 0.335 e. The van der Waals surface area contributed by atoms with Gasteiger partial charge < -0.3 is 10.6 Å². The number of benzene rings is 1. The molecule has 2 N–H and O–H groups in total. The van der Waals surface area contributed by atoms with Crippen LogP contribution in [-0.4, -0.2) is 26.7 Å². The molecule has 0 aliphatic heterocycles. The number of sulfone groups is 1. The van der Waals surface area contributed by atoms with Gasteiger partial charge in [0.05, 0.1) is 10.9 Å². The van der Waals surface area contributed by atoms with E-state index < -0.39 is 9.84 Å². The molecule has 0 saturated heterocycles. The molecule has 1 aromatic carbocycles. The van der Waals surface area contributed by atoms with Crippen molar-refractivity contribution in [3.05, 3.63) is 29.8 Å². The van der Waals surface area contributed by atoms with Crippen LogP contribution in [0.2, 0.25) is 0 Å². The Morgan fingerprint density at radius 1 is 1.14 bits per heavy atom. The van der Waals surface area contributed by atoms with E-state index in [1.54, 1.807) is 24.3 Å². The van der Waals surface area contributed by atoms with Crippen LogP contribution in [0.15, 0.2) is 29.2 Å². The summed E-state index contributed by atoms with van der Waals surface area (Å²) in [5.41, 5.74) is 0.881. The van der Waals surface area contributed by atoms with E-state index in [0.29, 0.717) is 0 Å². The number of nitrogens with one attached hydrogen (secondary N) is 2. The average molecular weight is 324 g/mol. The lowest BCUT2D eigenvalue weighted by Gasteiger charge is -2.24. The maximum Gasteiger partial charge on any atom is 0.315 e. The van der Waals surface area contributed by atoms with Crippen LogP contribution in [-0.2, 0) is 9.84 Å². The fourth-order valence-corrected chi connectivity index (χ4v) is 3.39. The second kappa shape index (κ2) is 7.13. The third-order valence-corrected chi connectivity index (χ3v) is 5.22. The predicted octanol–water partition coefficient (Wildman–Crippen LogP) is 2.78. The zero-order valence-corrected chi connectivity index (χ0v) is 13.9. The Hall–Kier alpha value is -1.56. The van der Waals surface area contributed by atoms with Gasteiger partial charge >= 0.3 is 6.03 Å². The number of hydrogen-bond donors (Lipinski definition) is 2. The second-order valence-corrected chi connectivity index (χ2v) is 8.03. The minimum absolute atomic E-state index is 0.161. The summed E-state index contributed by atoms with van der Waals surface area (Å²) in [6.45, 7) is 1.88. The number of urea groups is 1. The molecule has 0 heterocycles. The molecule has 0 spiro atoms. The van der Waals surface area contributed by atoms with Crippen molar-refractivity contribution in [2.45, 2.75) is 56.0 Å². The van der Waals surface area contributed by atoms with E-state index in [4.69, 9.17) is 0 Å². The average Bonchev–Trinajstić information content (AvgIpc) is 2.47. The van der Waals surface area contributed by atoms with Crippen LogP contribution in [0, 0.1) is 0 Å². The van der Waals surface area contributed by atoms with E-state index in [9.17, 15) is 13.2 Å². The van der Waals surface area contributed by atoms with Crippen LogP contribution < -0.4 is 10.6 Å². The Bertz CT molecular complexity index is 605. The molecule has 6 heteroatoms. The van der Waals surface area contributed by atoms with Crippen molar-refractivity contribution in [1.82, 2.24) is 10.6 Å². The van der Waals surface area contributed by atoms with E-state index in [0.717, 1.165) is 18.4 Å². The van der Waals surface area contributed by atoms with Gasteiger partial charge in [0.1, 0.15) is 0 Å². The number of rotatable bonds is 4. The summed E-state index contributed by atoms with van der Waals surface area (Å²) in [4.78, 5) is 12.3. The number of hydrogen-bond acceptors (Lipinski definition) is 3. The minimum atomic E-state index is -3.19. The highest BCUT2D eigenvalue weighted by Gasteiger charge is 2.17. The van der Waals surface area contributed by atoms with E-state index in [1.807, 2.05) is 6.92 Å². The lowest BCUT2D eigenvalue weighted by atomic mass is 9.96. The molecular formula is C16H24N2O3S. The Morgan fingerprint density at radius 3 is 2.27 bits per heavy atom. The quantitative estimate of drug-likeness (QED) is 0.894. The number of carbonyl (C=O) groups excluding carboxylic acids is 1. The highest BCUT2D eigenvalue weighted by atomic mass is 32.2. The van der Waals surface area contributed by atoms with Gasteiger partial charge in [0, 0.05) is 12.3 Å². The Labute approximate surface area is 132 Å². The van der Waals surface area contributed by atoms with E-state index in [-0.39, 0.29) is 23.0 Å². The predicted molar refractivity (Wildman–Crippen MR) is 86.5 cm³/mol. The third-order valence-electron chi connectivity index (χ3n) is 4.10. The van der Waals surface area contributed by atoms with Crippen molar-refractivity contribution < 1.29 is 13.2 Å². The third kappa shape index (κ3) is 4.73. The van der Waals surface area contributed by atoms with Crippen LogP contribution in [0.4, 0.5) is 4.79 Å². The van der Waals surface area contributed by atoms with Crippen LogP contribution >= 0.6 is 0 Å². The molecule has 0 aromatic heterocycles. The Balaban J connectivity index is 1.90. The highest BCUT2D eigenvalue weighted by Crippen LogP contribution is 2.18. The molecule has 2 rings (SSSR count). The van der Waals surface area contributed by atoms with Crippen LogP contribution in [0.1, 0.15) is 50.6 Å². The molecule has 1 saturated carbocycles. The number of carbonyl (C=O) groups is 1. The van der Waals surface area contributed by atoms with Gasteiger partial charge in [-0.25, -0.2) is 13.2 Å². The zero-order chi connectivity index (χ0) is 16.2. The summed E-state index contributed by atoms with van der Waals surface area (Å²) in [5, 5.41) is 5.91. The maximum atomic E-state index is 12.0. The molecule has 2 amide bonds. The topological polar surface area (TPSA) is 75.3 Å². The normalized spacial score (nSPS) is 17.7. The summed E-state index contributed by atoms with van der Waals surface area (Å²) < 4.78 is 22.9. The summed E-state index contributed by atoms with van der Waals surface area (Å²) >= 11 is 0. The standard InChI is InChI=1S/C16H24N2O3S/c1-12(13-8-10-15(11-9-13)22(2,20)21)17-16(19)18-14-6-4-3-5-7-14/h8-12,14H,3-7H2,1-2H3,(H2,17,18,19)/t12-/m0/s1. The molecule has 0 unspecified atom stereocenters. The van der Waals surface area contributed by atoms with Gasteiger partial charge in [-0.1, -0.05) is 31.4 Å². The monoisotopic (exact) mass is 324 g/mol. The second-order valence-electron chi connectivity index (χ2n) is 6.02. The maximum absolute atomic E-state index is 12.0. The Kier molecular flexibility index (Phi) is 5.45. The molecule has 1 aliphatic rings. The van der Waals surface area contributed by atoms with Crippen molar-refractivity contribution >= 4 is 15.9 Å². The van der Waals surface area contributed by atoms with Gasteiger partial charge in [0.15, 0.2) is 9.84 Å². The summed E-state index contributed by atoms with van der Waals surface area (Å²) in [6.07, 6.45) is 6.88. The van der Waals surface area contributed by atoms with Gasteiger partial charge in [-0.15, -0.1) is 0 Å². The minimum Gasteiger partial charge on any atom is -0.335 e. The Morgan fingerprint density at radius 2 is 1.73 bits per heavy atom. The highest BCUT2D eigenvalue weighted by molar-refractivity contribution is 7.90. The molecule has 22 heavy (non-hydrogen) atoms. The van der Waals surface area contributed by atoms with Crippen molar-refractivity contribution in [2.24, 2.45) is 0 Å². The van der Waals surface area contributed by atoms with Crippen molar-refractivity contribution in [1.29, 1.82) is 0 Å². The summed E-state index contributed by atoms with van der Waals surface area (Å²) in [7, 11) is -3.19. The van der Waals surface area contributed by atoms with Crippen LogP contribution in [0.25, 0.3) is 0 Å². The van der Waals surface area contributed by atoms with Gasteiger partial charge in [-0.2, -0.15) is 0 Å². The molecule has 122 valence electrons. The van der Waals surface area contributed by atoms with Crippen LogP contribution in [0.5, 0.6) is 0 Å². The van der Waals surface area contributed by atoms with E-state index >= 15 is 0 Å². The lowest BCUT2D eigenvalue weighted by Crippen LogP contribution is -2.43.